The average molecular weight is 353 g/mol. The fraction of sp³-hybridized carbons (Fsp3) is 0.455. The van der Waals surface area contributed by atoms with Crippen LogP contribution < -0.4 is 4.74 Å². The van der Waals surface area contributed by atoms with Crippen LogP contribution in [0.2, 0.25) is 5.02 Å². The Morgan fingerprint density at radius 3 is 2.72 bits per heavy atom. The van der Waals surface area contributed by atoms with Gasteiger partial charge >= 0.3 is 5.69 Å². The molecule has 98 valence electrons. The van der Waals surface area contributed by atoms with Gasteiger partial charge in [0, 0.05) is 16.5 Å². The van der Waals surface area contributed by atoms with E-state index >= 15 is 0 Å². The van der Waals surface area contributed by atoms with Gasteiger partial charge in [-0.15, -0.1) is 0 Å². The summed E-state index contributed by atoms with van der Waals surface area (Å²) in [6.45, 7) is 0.442. The molecule has 0 N–H and O–H groups in total. The van der Waals surface area contributed by atoms with Crippen molar-refractivity contribution in [2.45, 2.75) is 12.8 Å². The van der Waals surface area contributed by atoms with Crippen LogP contribution in [0.3, 0.4) is 0 Å². The zero-order valence-electron chi connectivity index (χ0n) is 9.36. The lowest BCUT2D eigenvalue weighted by atomic mass is 10.2. The molecule has 4 nitrogen and oxygen atoms in total. The first kappa shape index (κ1) is 14.0. The van der Waals surface area contributed by atoms with Crippen LogP contribution in [0.4, 0.5) is 5.69 Å². The molecule has 1 aliphatic carbocycles. The Morgan fingerprint density at radius 1 is 1.56 bits per heavy atom. The van der Waals surface area contributed by atoms with E-state index in [1.54, 1.807) is 6.07 Å². The standard InChI is InChI=1S/C11H11BrClNO3S/c12-8-3-7(13)4-9(14(15)16)10(8)17-5-11(6-18)1-2-11/h3-4,18H,1-2,5-6H2. The number of benzene rings is 1. The molecule has 0 atom stereocenters. The van der Waals surface area contributed by atoms with Gasteiger partial charge in [-0.1, -0.05) is 11.6 Å². The molecule has 0 amide bonds. The number of hydrogen-bond donors (Lipinski definition) is 1. The monoisotopic (exact) mass is 351 g/mol. The second-order valence-corrected chi connectivity index (χ2v) is 6.05. The van der Waals surface area contributed by atoms with E-state index in [1.807, 2.05) is 0 Å². The van der Waals surface area contributed by atoms with Crippen molar-refractivity contribution in [3.8, 4) is 5.75 Å². The molecule has 7 heteroatoms. The first-order valence-electron chi connectivity index (χ1n) is 5.34. The maximum atomic E-state index is 11.0. The van der Waals surface area contributed by atoms with E-state index in [-0.39, 0.29) is 16.9 Å². The van der Waals surface area contributed by atoms with Gasteiger partial charge in [0.2, 0.25) is 5.75 Å². The highest BCUT2D eigenvalue weighted by molar-refractivity contribution is 9.10. The highest BCUT2D eigenvalue weighted by Crippen LogP contribution is 2.48. The first-order valence-corrected chi connectivity index (χ1v) is 7.15. The highest BCUT2D eigenvalue weighted by atomic mass is 79.9. The van der Waals surface area contributed by atoms with Crippen molar-refractivity contribution in [2.75, 3.05) is 12.4 Å². The molecule has 0 radical (unpaired) electrons. The lowest BCUT2D eigenvalue weighted by Crippen LogP contribution is -2.15. The molecule has 0 aliphatic heterocycles. The second-order valence-electron chi connectivity index (χ2n) is 4.44. The summed E-state index contributed by atoms with van der Waals surface area (Å²) in [5.41, 5.74) is -0.0416. The van der Waals surface area contributed by atoms with Crippen LogP contribution >= 0.6 is 40.2 Å². The number of nitrogens with zero attached hydrogens (tertiary/aromatic N) is 1. The number of hydrogen-bond acceptors (Lipinski definition) is 4. The van der Waals surface area contributed by atoms with Gasteiger partial charge in [-0.05, 0) is 40.6 Å². The minimum Gasteiger partial charge on any atom is -0.485 e. The van der Waals surface area contributed by atoms with Crippen molar-refractivity contribution < 1.29 is 9.66 Å². The zero-order valence-corrected chi connectivity index (χ0v) is 12.6. The first-order chi connectivity index (χ1) is 8.47. The minimum absolute atomic E-state index is 0.0794. The van der Waals surface area contributed by atoms with Gasteiger partial charge in [-0.25, -0.2) is 0 Å². The van der Waals surface area contributed by atoms with Crippen molar-refractivity contribution in [3.05, 3.63) is 31.7 Å². The van der Waals surface area contributed by atoms with E-state index in [4.69, 9.17) is 16.3 Å². The van der Waals surface area contributed by atoms with Crippen LogP contribution in [0.15, 0.2) is 16.6 Å². The number of halogens is 2. The smallest absolute Gasteiger partial charge is 0.313 e. The molecule has 0 aromatic heterocycles. The SMILES string of the molecule is O=[N+]([O-])c1cc(Cl)cc(Br)c1OCC1(CS)CC1. The minimum atomic E-state index is -0.494. The molecule has 0 unspecified atom stereocenters. The Labute approximate surface area is 123 Å². The third-order valence-electron chi connectivity index (χ3n) is 3.00. The quantitative estimate of drug-likeness (QED) is 0.493. The summed E-state index contributed by atoms with van der Waals surface area (Å²) in [5.74, 6) is 0.962. The van der Waals surface area contributed by atoms with Crippen LogP contribution in [-0.4, -0.2) is 17.3 Å². The lowest BCUT2D eigenvalue weighted by molar-refractivity contribution is -0.386. The van der Waals surface area contributed by atoms with E-state index in [1.165, 1.54) is 6.07 Å². The zero-order chi connectivity index (χ0) is 13.3. The molecule has 18 heavy (non-hydrogen) atoms. The molecule has 0 heterocycles. The molecule has 2 rings (SSSR count). The van der Waals surface area contributed by atoms with Gasteiger partial charge in [0.1, 0.15) is 0 Å². The van der Waals surface area contributed by atoms with Gasteiger partial charge in [-0.2, -0.15) is 12.6 Å². The molecule has 1 fully saturated rings. The normalized spacial score (nSPS) is 16.4. The number of rotatable bonds is 5. The second kappa shape index (κ2) is 5.27. The number of ether oxygens (including phenoxy) is 1. The maximum Gasteiger partial charge on any atom is 0.313 e. The van der Waals surface area contributed by atoms with Gasteiger partial charge in [0.15, 0.2) is 0 Å². The fourth-order valence-electron chi connectivity index (χ4n) is 1.58. The van der Waals surface area contributed by atoms with Crippen LogP contribution in [0.1, 0.15) is 12.8 Å². The molecular formula is C11H11BrClNO3S. The van der Waals surface area contributed by atoms with Gasteiger partial charge in [0.25, 0.3) is 0 Å². The number of nitro groups is 1. The summed E-state index contributed by atoms with van der Waals surface area (Å²) >= 11 is 13.3. The van der Waals surface area contributed by atoms with Crippen molar-refractivity contribution in [1.29, 1.82) is 0 Å². The van der Waals surface area contributed by atoms with E-state index in [0.717, 1.165) is 18.6 Å². The number of nitro benzene ring substituents is 1. The molecule has 0 bridgehead atoms. The Bertz CT molecular complexity index is 493. The van der Waals surface area contributed by atoms with E-state index in [9.17, 15) is 10.1 Å². The molecule has 0 spiro atoms. The summed E-state index contributed by atoms with van der Waals surface area (Å²) in [6, 6.07) is 2.88. The average Bonchev–Trinajstić information content (AvgIpc) is 3.07. The van der Waals surface area contributed by atoms with Crippen LogP contribution in [0.25, 0.3) is 0 Å². The summed E-state index contributed by atoms with van der Waals surface area (Å²) in [6.07, 6.45) is 2.10. The van der Waals surface area contributed by atoms with E-state index < -0.39 is 4.92 Å². The van der Waals surface area contributed by atoms with Crippen LogP contribution in [-0.2, 0) is 0 Å². The predicted octanol–water partition coefficient (Wildman–Crippen LogP) is 4.10. The summed E-state index contributed by atoms with van der Waals surface area (Å²) in [5, 5.41) is 11.3. The Kier molecular flexibility index (Phi) is 4.08. The lowest BCUT2D eigenvalue weighted by Gasteiger charge is -2.14. The molecule has 0 saturated heterocycles. The molecule has 1 aliphatic rings. The van der Waals surface area contributed by atoms with Gasteiger partial charge < -0.3 is 4.74 Å². The van der Waals surface area contributed by atoms with Gasteiger partial charge in [0.05, 0.1) is 16.0 Å². The van der Waals surface area contributed by atoms with Crippen LogP contribution in [0.5, 0.6) is 5.75 Å². The summed E-state index contributed by atoms with van der Waals surface area (Å²) in [7, 11) is 0. The Hall–Kier alpha value is -0.460. The predicted molar refractivity (Wildman–Crippen MR) is 76.8 cm³/mol. The van der Waals surface area contributed by atoms with Crippen molar-refractivity contribution >= 4 is 45.8 Å². The maximum absolute atomic E-state index is 11.0. The largest absolute Gasteiger partial charge is 0.485 e. The highest BCUT2D eigenvalue weighted by Gasteiger charge is 2.42. The van der Waals surface area contributed by atoms with Gasteiger partial charge in [-0.3, -0.25) is 10.1 Å². The van der Waals surface area contributed by atoms with E-state index in [2.05, 4.69) is 28.6 Å². The number of thiol groups is 1. The van der Waals surface area contributed by atoms with Crippen molar-refractivity contribution in [2.24, 2.45) is 5.41 Å². The van der Waals surface area contributed by atoms with Crippen LogP contribution in [0, 0.1) is 15.5 Å². The third kappa shape index (κ3) is 2.92. The molecule has 1 aromatic carbocycles. The Morgan fingerprint density at radius 2 is 2.22 bits per heavy atom. The third-order valence-corrected chi connectivity index (χ3v) is 4.48. The topological polar surface area (TPSA) is 52.4 Å². The Balaban J connectivity index is 2.23. The summed E-state index contributed by atoms with van der Waals surface area (Å²) < 4.78 is 6.10. The van der Waals surface area contributed by atoms with Crippen molar-refractivity contribution in [1.82, 2.24) is 0 Å². The summed E-state index contributed by atoms with van der Waals surface area (Å²) in [4.78, 5) is 10.5. The molecular weight excluding hydrogens is 342 g/mol. The fourth-order valence-corrected chi connectivity index (χ4v) is 2.89. The molecule has 1 aromatic rings. The van der Waals surface area contributed by atoms with E-state index in [0.29, 0.717) is 16.1 Å². The molecule has 1 saturated carbocycles. The van der Waals surface area contributed by atoms with Crippen molar-refractivity contribution in [3.63, 3.8) is 0 Å².